The Bertz CT molecular complexity index is 1310. The van der Waals surface area contributed by atoms with Crippen molar-refractivity contribution in [1.29, 1.82) is 0 Å². The minimum absolute atomic E-state index is 0.620. The van der Waals surface area contributed by atoms with Gasteiger partial charge in [-0.25, -0.2) is 14.8 Å². The number of aromatic amines is 1. The van der Waals surface area contributed by atoms with Gasteiger partial charge in [0.25, 0.3) is 0 Å². The molecule has 0 saturated carbocycles. The van der Waals surface area contributed by atoms with Crippen LogP contribution in [-0.4, -0.2) is 40.4 Å². The number of aryl methyl sites for hydroxylation is 1. The normalized spacial score (nSPS) is 11.1. The predicted molar refractivity (Wildman–Crippen MR) is 125 cm³/mol. The molecule has 8 nitrogen and oxygen atoms in total. The second kappa shape index (κ2) is 9.52. The third-order valence-electron chi connectivity index (χ3n) is 5.43. The fraction of sp³-hybridized carbons (Fsp3) is 0.200. The fourth-order valence-electron chi connectivity index (χ4n) is 3.85. The highest BCUT2D eigenvalue weighted by Crippen LogP contribution is 2.28. The van der Waals surface area contributed by atoms with Gasteiger partial charge in [-0.2, -0.15) is 5.10 Å². The molecule has 5 rings (SSSR count). The van der Waals surface area contributed by atoms with Gasteiger partial charge in [-0.05, 0) is 34.0 Å². The molecular formula is C25H24N8. The van der Waals surface area contributed by atoms with E-state index >= 15 is 0 Å². The number of rotatable bonds is 8. The molecule has 1 N–H and O–H groups in total. The van der Waals surface area contributed by atoms with Crippen LogP contribution in [0.1, 0.15) is 36.1 Å². The summed E-state index contributed by atoms with van der Waals surface area (Å²) in [5.41, 5.74) is 5.04. The van der Waals surface area contributed by atoms with Gasteiger partial charge in [0.05, 0.1) is 12.2 Å². The number of benzene rings is 2. The first-order valence-electron chi connectivity index (χ1n) is 11.0. The Morgan fingerprint density at radius 2 is 1.70 bits per heavy atom. The van der Waals surface area contributed by atoms with Gasteiger partial charge >= 0.3 is 0 Å². The molecule has 0 aliphatic carbocycles. The lowest BCUT2D eigenvalue weighted by Crippen LogP contribution is -2.07. The maximum Gasteiger partial charge on any atom is 0.180 e. The van der Waals surface area contributed by atoms with Crippen LogP contribution >= 0.6 is 0 Å². The number of hydrogen-bond acceptors (Lipinski definition) is 6. The van der Waals surface area contributed by atoms with E-state index in [1.54, 1.807) is 0 Å². The monoisotopic (exact) mass is 436 g/mol. The van der Waals surface area contributed by atoms with Crippen LogP contribution in [0.25, 0.3) is 22.6 Å². The molecule has 0 bridgehead atoms. The van der Waals surface area contributed by atoms with Gasteiger partial charge in [0.15, 0.2) is 11.6 Å². The third kappa shape index (κ3) is 4.69. The Hall–Kier alpha value is -4.20. The molecule has 0 aliphatic rings. The number of nitrogens with zero attached hydrogens (tertiary/aromatic N) is 7. The minimum Gasteiger partial charge on any atom is -0.256 e. The van der Waals surface area contributed by atoms with E-state index in [1.165, 1.54) is 5.56 Å². The lowest BCUT2D eigenvalue weighted by molar-refractivity contribution is 0.624. The van der Waals surface area contributed by atoms with E-state index in [0.29, 0.717) is 12.4 Å². The van der Waals surface area contributed by atoms with Crippen LogP contribution in [0.5, 0.6) is 0 Å². The molecule has 164 valence electrons. The smallest absolute Gasteiger partial charge is 0.180 e. The first-order valence-corrected chi connectivity index (χ1v) is 11.0. The summed E-state index contributed by atoms with van der Waals surface area (Å²) < 4.78 is 2.01. The van der Waals surface area contributed by atoms with Crippen molar-refractivity contribution in [2.24, 2.45) is 0 Å². The molecule has 3 aromatic heterocycles. The quantitative estimate of drug-likeness (QED) is 0.393. The maximum absolute atomic E-state index is 4.81. The van der Waals surface area contributed by atoms with E-state index in [2.05, 4.69) is 45.7 Å². The van der Waals surface area contributed by atoms with Gasteiger partial charge in [0.2, 0.25) is 0 Å². The zero-order valence-electron chi connectivity index (χ0n) is 18.4. The van der Waals surface area contributed by atoms with Crippen molar-refractivity contribution < 1.29 is 0 Å². The van der Waals surface area contributed by atoms with Crippen molar-refractivity contribution in [2.75, 3.05) is 0 Å². The molecule has 0 atom stereocenters. The molecule has 8 heteroatoms. The number of tetrazole rings is 1. The highest BCUT2D eigenvalue weighted by molar-refractivity contribution is 5.78. The van der Waals surface area contributed by atoms with E-state index in [9.17, 15) is 0 Å². The van der Waals surface area contributed by atoms with Crippen molar-refractivity contribution in [2.45, 2.75) is 32.7 Å². The van der Waals surface area contributed by atoms with Gasteiger partial charge in [-0.1, -0.05) is 67.6 Å². The van der Waals surface area contributed by atoms with Crippen molar-refractivity contribution in [1.82, 2.24) is 40.4 Å². The van der Waals surface area contributed by atoms with Crippen LogP contribution in [0, 0.1) is 0 Å². The zero-order chi connectivity index (χ0) is 22.5. The Kier molecular flexibility index (Phi) is 5.97. The highest BCUT2D eigenvalue weighted by atomic mass is 15.5. The molecule has 5 aromatic rings. The summed E-state index contributed by atoms with van der Waals surface area (Å²) in [4.78, 5) is 9.53. The summed E-state index contributed by atoms with van der Waals surface area (Å²) in [5, 5.41) is 19.0. The number of hydrogen-bond donors (Lipinski definition) is 1. The van der Waals surface area contributed by atoms with Crippen LogP contribution < -0.4 is 0 Å². The first kappa shape index (κ1) is 20.7. The van der Waals surface area contributed by atoms with Crippen molar-refractivity contribution in [3.05, 3.63) is 95.7 Å². The molecule has 3 heterocycles. The van der Waals surface area contributed by atoms with Gasteiger partial charge in [-0.3, -0.25) is 4.98 Å². The molecule has 33 heavy (non-hydrogen) atoms. The van der Waals surface area contributed by atoms with Crippen LogP contribution in [0.2, 0.25) is 0 Å². The summed E-state index contributed by atoms with van der Waals surface area (Å²) in [6.45, 7) is 2.80. The van der Waals surface area contributed by atoms with Crippen LogP contribution in [-0.2, 0) is 19.4 Å². The Morgan fingerprint density at radius 1 is 0.879 bits per heavy atom. The average Bonchev–Trinajstić information content (AvgIpc) is 3.51. The molecule has 0 amide bonds. The van der Waals surface area contributed by atoms with Gasteiger partial charge in [0.1, 0.15) is 5.82 Å². The standard InChI is InChI=1S/C25H24N8/c1-2-8-24-27-23(15-18-9-4-3-5-10-18)30-33(24)17-19-13-14-22(26-16-19)20-11-6-7-12-21(20)25-28-31-32-29-25/h3-7,9-14,16H,2,8,15,17H2,1H3,(H,28,29,31,32). The summed E-state index contributed by atoms with van der Waals surface area (Å²) in [6, 6.07) is 22.4. The Balaban J connectivity index is 1.38. The average molecular weight is 437 g/mol. The minimum atomic E-state index is 0.620. The van der Waals surface area contributed by atoms with Crippen molar-refractivity contribution >= 4 is 0 Å². The lowest BCUT2D eigenvalue weighted by atomic mass is 10.0. The van der Waals surface area contributed by atoms with E-state index in [1.807, 2.05) is 59.4 Å². The van der Waals surface area contributed by atoms with Crippen LogP contribution in [0.3, 0.4) is 0 Å². The topological polar surface area (TPSA) is 98.1 Å². The number of nitrogens with one attached hydrogen (secondary N) is 1. The number of pyridine rings is 1. The van der Waals surface area contributed by atoms with Gasteiger partial charge in [0, 0.05) is 30.2 Å². The molecule has 0 unspecified atom stereocenters. The molecule has 0 saturated heterocycles. The second-order valence-electron chi connectivity index (χ2n) is 7.86. The van der Waals surface area contributed by atoms with Crippen molar-refractivity contribution in [3.8, 4) is 22.6 Å². The summed E-state index contributed by atoms with van der Waals surface area (Å²) in [6.07, 6.45) is 4.55. The molecule has 0 radical (unpaired) electrons. The zero-order valence-corrected chi connectivity index (χ0v) is 18.4. The molecule has 2 aromatic carbocycles. The summed E-state index contributed by atoms with van der Waals surface area (Å²) >= 11 is 0. The van der Waals surface area contributed by atoms with Crippen molar-refractivity contribution in [3.63, 3.8) is 0 Å². The van der Waals surface area contributed by atoms with E-state index in [-0.39, 0.29) is 0 Å². The first-order chi connectivity index (χ1) is 16.3. The molecular weight excluding hydrogens is 412 g/mol. The maximum atomic E-state index is 4.81. The number of H-pyrrole nitrogens is 1. The largest absolute Gasteiger partial charge is 0.256 e. The molecule has 0 spiro atoms. The second-order valence-corrected chi connectivity index (χ2v) is 7.86. The molecule has 0 fully saturated rings. The number of aromatic nitrogens is 8. The van der Waals surface area contributed by atoms with E-state index in [0.717, 1.165) is 53.3 Å². The predicted octanol–water partition coefficient (Wildman–Crippen LogP) is 4.11. The summed E-state index contributed by atoms with van der Waals surface area (Å²) in [5.74, 6) is 2.48. The van der Waals surface area contributed by atoms with Crippen LogP contribution in [0.4, 0.5) is 0 Å². The lowest BCUT2D eigenvalue weighted by Gasteiger charge is -2.08. The molecule has 0 aliphatic heterocycles. The van der Waals surface area contributed by atoms with Gasteiger partial charge < -0.3 is 0 Å². The summed E-state index contributed by atoms with van der Waals surface area (Å²) in [7, 11) is 0. The highest BCUT2D eigenvalue weighted by Gasteiger charge is 2.13. The third-order valence-corrected chi connectivity index (χ3v) is 5.43. The Morgan fingerprint density at radius 3 is 2.42 bits per heavy atom. The SMILES string of the molecule is CCCc1nc(Cc2ccccc2)nn1Cc1ccc(-c2ccccc2-c2nnn[nH]2)nc1. The van der Waals surface area contributed by atoms with E-state index in [4.69, 9.17) is 15.1 Å². The Labute approximate surface area is 191 Å². The van der Waals surface area contributed by atoms with E-state index < -0.39 is 0 Å². The van der Waals surface area contributed by atoms with Crippen LogP contribution in [0.15, 0.2) is 72.9 Å². The fourth-order valence-corrected chi connectivity index (χ4v) is 3.85. The van der Waals surface area contributed by atoms with Gasteiger partial charge in [-0.15, -0.1) is 5.10 Å².